The Kier molecular flexibility index (Phi) is 3.44. The summed E-state index contributed by atoms with van der Waals surface area (Å²) in [7, 11) is 0. The molecule has 1 aliphatic heterocycles. The van der Waals surface area contributed by atoms with E-state index >= 15 is 0 Å². The van der Waals surface area contributed by atoms with Gasteiger partial charge in [-0.15, -0.1) is 0 Å². The molecule has 2 aliphatic rings. The zero-order chi connectivity index (χ0) is 13.5. The Morgan fingerprint density at radius 2 is 2.21 bits per heavy atom. The van der Waals surface area contributed by atoms with E-state index in [9.17, 15) is 0 Å². The van der Waals surface area contributed by atoms with E-state index in [0.717, 1.165) is 30.7 Å². The van der Waals surface area contributed by atoms with Crippen LogP contribution in [0.4, 0.5) is 0 Å². The van der Waals surface area contributed by atoms with E-state index in [1.165, 1.54) is 37.9 Å². The molecule has 3 rings (SSSR count). The van der Waals surface area contributed by atoms with Gasteiger partial charge in [0.1, 0.15) is 11.5 Å². The minimum Gasteiger partial charge on any atom is -0.465 e. The Hall–Kier alpha value is -0.800. The molecule has 0 radical (unpaired) electrons. The Bertz CT molecular complexity index is 446. The first-order valence-corrected chi connectivity index (χ1v) is 7.56. The molecule has 1 aliphatic carbocycles. The molecular formula is C16H26N2O. The third-order valence-electron chi connectivity index (χ3n) is 4.36. The van der Waals surface area contributed by atoms with Crippen molar-refractivity contribution in [3.05, 3.63) is 23.2 Å². The van der Waals surface area contributed by atoms with Crippen molar-refractivity contribution in [2.45, 2.75) is 59.2 Å². The van der Waals surface area contributed by atoms with Gasteiger partial charge in [-0.1, -0.05) is 13.8 Å². The molecule has 0 bridgehead atoms. The van der Waals surface area contributed by atoms with Crippen molar-refractivity contribution >= 4 is 0 Å². The van der Waals surface area contributed by atoms with Gasteiger partial charge < -0.3 is 9.73 Å². The predicted octanol–water partition coefficient (Wildman–Crippen LogP) is 3.07. The molecule has 1 aromatic heterocycles. The molecule has 0 atom stereocenters. The fourth-order valence-corrected chi connectivity index (χ4v) is 2.96. The number of hydrogen-bond acceptors (Lipinski definition) is 3. The molecule has 1 saturated heterocycles. The Morgan fingerprint density at radius 3 is 2.84 bits per heavy atom. The number of rotatable bonds is 5. The molecule has 1 N–H and O–H groups in total. The third kappa shape index (κ3) is 3.40. The van der Waals surface area contributed by atoms with Crippen LogP contribution in [0, 0.1) is 12.3 Å². The number of nitrogens with one attached hydrogen (secondary N) is 1. The van der Waals surface area contributed by atoms with Crippen molar-refractivity contribution < 1.29 is 4.42 Å². The van der Waals surface area contributed by atoms with Gasteiger partial charge in [-0.05, 0) is 44.2 Å². The second-order valence-electron chi connectivity index (χ2n) is 7.07. The second-order valence-corrected chi connectivity index (χ2v) is 7.07. The standard InChI is InChI=1S/C16H26N2O/c1-12-13(10-18-7-6-16(2,3)11-18)8-15(19-12)9-17-14-4-5-14/h8,14,17H,4-7,9-11H2,1-3H3. The zero-order valence-electron chi connectivity index (χ0n) is 12.5. The summed E-state index contributed by atoms with van der Waals surface area (Å²) in [6.07, 6.45) is 3.96. The molecule has 0 spiro atoms. The van der Waals surface area contributed by atoms with Crippen LogP contribution in [0.5, 0.6) is 0 Å². The van der Waals surface area contributed by atoms with Gasteiger partial charge in [-0.3, -0.25) is 4.90 Å². The molecule has 19 heavy (non-hydrogen) atoms. The first-order chi connectivity index (χ1) is 9.02. The highest BCUT2D eigenvalue weighted by Gasteiger charge is 2.29. The highest BCUT2D eigenvalue weighted by molar-refractivity contribution is 5.21. The summed E-state index contributed by atoms with van der Waals surface area (Å²) in [6.45, 7) is 11.2. The normalized spacial score (nSPS) is 23.1. The molecule has 3 nitrogen and oxygen atoms in total. The van der Waals surface area contributed by atoms with Crippen molar-refractivity contribution in [3.8, 4) is 0 Å². The van der Waals surface area contributed by atoms with Crippen molar-refractivity contribution in [1.29, 1.82) is 0 Å². The topological polar surface area (TPSA) is 28.4 Å². The lowest BCUT2D eigenvalue weighted by Crippen LogP contribution is -2.22. The summed E-state index contributed by atoms with van der Waals surface area (Å²) in [5.41, 5.74) is 1.85. The van der Waals surface area contributed by atoms with Crippen LogP contribution >= 0.6 is 0 Å². The lowest BCUT2D eigenvalue weighted by molar-refractivity contribution is 0.282. The van der Waals surface area contributed by atoms with Gasteiger partial charge in [0.25, 0.3) is 0 Å². The number of furan rings is 1. The number of aryl methyl sites for hydroxylation is 1. The first-order valence-electron chi connectivity index (χ1n) is 7.56. The molecule has 2 heterocycles. The highest BCUT2D eigenvalue weighted by Crippen LogP contribution is 2.30. The van der Waals surface area contributed by atoms with Crippen molar-refractivity contribution in [3.63, 3.8) is 0 Å². The molecule has 0 aromatic carbocycles. The lowest BCUT2D eigenvalue weighted by atomic mass is 9.93. The van der Waals surface area contributed by atoms with Crippen LogP contribution in [0.2, 0.25) is 0 Å². The maximum Gasteiger partial charge on any atom is 0.118 e. The van der Waals surface area contributed by atoms with Gasteiger partial charge in [0, 0.05) is 24.7 Å². The minimum absolute atomic E-state index is 0.480. The van der Waals surface area contributed by atoms with Crippen LogP contribution in [0.15, 0.2) is 10.5 Å². The van der Waals surface area contributed by atoms with E-state index in [0.29, 0.717) is 5.41 Å². The molecule has 3 heteroatoms. The third-order valence-corrected chi connectivity index (χ3v) is 4.36. The van der Waals surface area contributed by atoms with E-state index in [2.05, 4.69) is 37.1 Å². The fourth-order valence-electron chi connectivity index (χ4n) is 2.96. The van der Waals surface area contributed by atoms with Gasteiger partial charge in [0.05, 0.1) is 6.54 Å². The molecule has 106 valence electrons. The molecule has 0 amide bonds. The molecule has 1 aromatic rings. The van der Waals surface area contributed by atoms with Crippen LogP contribution in [0.1, 0.15) is 50.2 Å². The Labute approximate surface area is 116 Å². The van der Waals surface area contributed by atoms with Gasteiger partial charge >= 0.3 is 0 Å². The van der Waals surface area contributed by atoms with Crippen LogP contribution in [-0.2, 0) is 13.1 Å². The van der Waals surface area contributed by atoms with E-state index in [4.69, 9.17) is 4.42 Å². The van der Waals surface area contributed by atoms with E-state index in [-0.39, 0.29) is 0 Å². The highest BCUT2D eigenvalue weighted by atomic mass is 16.3. The summed E-state index contributed by atoms with van der Waals surface area (Å²) >= 11 is 0. The fraction of sp³-hybridized carbons (Fsp3) is 0.750. The second kappa shape index (κ2) is 4.95. The number of likely N-dealkylation sites (tertiary alicyclic amines) is 1. The summed E-state index contributed by atoms with van der Waals surface area (Å²) in [6, 6.07) is 2.99. The van der Waals surface area contributed by atoms with E-state index < -0.39 is 0 Å². The number of nitrogens with zero attached hydrogens (tertiary/aromatic N) is 1. The summed E-state index contributed by atoms with van der Waals surface area (Å²) in [5.74, 6) is 2.19. The zero-order valence-corrected chi connectivity index (χ0v) is 12.5. The average Bonchev–Trinajstić information content (AvgIpc) is 3.02. The maximum atomic E-state index is 5.87. The molecule has 1 saturated carbocycles. The monoisotopic (exact) mass is 262 g/mol. The van der Waals surface area contributed by atoms with Gasteiger partial charge in [0.2, 0.25) is 0 Å². The van der Waals surface area contributed by atoms with E-state index in [1.807, 2.05) is 0 Å². The minimum atomic E-state index is 0.480. The molecule has 2 fully saturated rings. The first kappa shape index (κ1) is 13.2. The SMILES string of the molecule is Cc1oc(CNC2CC2)cc1CN1CCC(C)(C)C1. The summed E-state index contributed by atoms with van der Waals surface area (Å²) < 4.78 is 5.87. The largest absolute Gasteiger partial charge is 0.465 e. The Balaban J connectivity index is 1.57. The quantitative estimate of drug-likeness (QED) is 0.884. The average molecular weight is 262 g/mol. The van der Waals surface area contributed by atoms with Gasteiger partial charge in [-0.25, -0.2) is 0 Å². The number of hydrogen-bond donors (Lipinski definition) is 1. The van der Waals surface area contributed by atoms with Crippen LogP contribution in [0.3, 0.4) is 0 Å². The van der Waals surface area contributed by atoms with E-state index in [1.54, 1.807) is 0 Å². The van der Waals surface area contributed by atoms with Crippen LogP contribution < -0.4 is 5.32 Å². The summed E-state index contributed by atoms with van der Waals surface area (Å²) in [4.78, 5) is 2.55. The summed E-state index contributed by atoms with van der Waals surface area (Å²) in [5, 5.41) is 3.51. The maximum absolute atomic E-state index is 5.87. The lowest BCUT2D eigenvalue weighted by Gasteiger charge is -2.19. The Morgan fingerprint density at radius 1 is 1.42 bits per heavy atom. The van der Waals surface area contributed by atoms with Gasteiger partial charge in [-0.2, -0.15) is 0 Å². The van der Waals surface area contributed by atoms with Crippen molar-refractivity contribution in [2.24, 2.45) is 5.41 Å². The predicted molar refractivity (Wildman–Crippen MR) is 77.0 cm³/mol. The molecule has 0 unspecified atom stereocenters. The van der Waals surface area contributed by atoms with Crippen LogP contribution in [-0.4, -0.2) is 24.0 Å². The van der Waals surface area contributed by atoms with Gasteiger partial charge in [0.15, 0.2) is 0 Å². The van der Waals surface area contributed by atoms with Crippen molar-refractivity contribution in [2.75, 3.05) is 13.1 Å². The molecular weight excluding hydrogens is 236 g/mol. The van der Waals surface area contributed by atoms with Crippen LogP contribution in [0.25, 0.3) is 0 Å². The van der Waals surface area contributed by atoms with Crippen molar-refractivity contribution in [1.82, 2.24) is 10.2 Å². The smallest absolute Gasteiger partial charge is 0.118 e.